The Labute approximate surface area is 166 Å². The third-order valence-corrected chi connectivity index (χ3v) is 3.58. The molecule has 0 fully saturated rings. The molecule has 27 heavy (non-hydrogen) atoms. The topological polar surface area (TPSA) is 40.5 Å². The van der Waals surface area contributed by atoms with E-state index in [0.717, 1.165) is 6.42 Å². The Morgan fingerprint density at radius 1 is 0.815 bits per heavy atom. The van der Waals surface area contributed by atoms with Crippen LogP contribution >= 0.6 is 0 Å². The third-order valence-electron chi connectivity index (χ3n) is 3.58. The smallest absolute Gasteiger partial charge is 0.115 e. The number of aromatic hydroxyl groups is 2. The van der Waals surface area contributed by atoms with Gasteiger partial charge in [-0.25, -0.2) is 0 Å². The van der Waals surface area contributed by atoms with E-state index in [1.54, 1.807) is 36.4 Å². The van der Waals surface area contributed by atoms with Crippen LogP contribution in [0.4, 0.5) is 0 Å². The summed E-state index contributed by atoms with van der Waals surface area (Å²) >= 11 is 0. The number of hydrogen-bond donors (Lipinski definition) is 2. The zero-order valence-corrected chi connectivity index (χ0v) is 18.2. The molecule has 2 rings (SSSR count). The van der Waals surface area contributed by atoms with Gasteiger partial charge in [0.25, 0.3) is 0 Å². The monoisotopic (exact) mass is 370 g/mol. The van der Waals surface area contributed by atoms with Gasteiger partial charge in [-0.15, -0.1) is 6.58 Å². The molecule has 0 spiro atoms. The largest absolute Gasteiger partial charge is 0.508 e. The lowest BCUT2D eigenvalue weighted by Gasteiger charge is -2.32. The van der Waals surface area contributed by atoms with Crippen molar-refractivity contribution < 1.29 is 10.2 Å². The second kappa shape index (κ2) is 11.5. The van der Waals surface area contributed by atoms with Crippen molar-refractivity contribution in [2.75, 3.05) is 0 Å². The lowest BCUT2D eigenvalue weighted by Crippen LogP contribution is -2.20. The molecule has 0 radical (unpaired) electrons. The molecule has 0 saturated heterocycles. The van der Waals surface area contributed by atoms with Gasteiger partial charge in [-0.3, -0.25) is 0 Å². The highest BCUT2D eigenvalue weighted by atomic mass is 16.3. The molecule has 0 bridgehead atoms. The Kier molecular flexibility index (Phi) is 10.5. The number of benzene rings is 2. The first kappa shape index (κ1) is 24.8. The maximum atomic E-state index is 8.76. The number of allylic oxidation sites excluding steroid dienone is 1. The molecular weight excluding hydrogens is 332 g/mol. The summed E-state index contributed by atoms with van der Waals surface area (Å²) in [6, 6.07) is 15.8. The predicted molar refractivity (Wildman–Crippen MR) is 118 cm³/mol. The number of phenols is 2. The van der Waals surface area contributed by atoms with Crippen molar-refractivity contribution in [1.29, 1.82) is 0 Å². The van der Waals surface area contributed by atoms with Gasteiger partial charge in [0.1, 0.15) is 11.5 Å². The van der Waals surface area contributed by atoms with Crippen molar-refractivity contribution in [3.05, 3.63) is 72.3 Å². The minimum Gasteiger partial charge on any atom is -0.508 e. The highest BCUT2D eigenvalue weighted by Crippen LogP contribution is 2.37. The van der Waals surface area contributed by atoms with Crippen LogP contribution < -0.4 is 0 Å². The molecule has 2 nitrogen and oxygen atoms in total. The van der Waals surface area contributed by atoms with Crippen molar-refractivity contribution in [1.82, 2.24) is 0 Å². The second-order valence-corrected chi connectivity index (χ2v) is 9.21. The molecule has 0 amide bonds. The second-order valence-electron chi connectivity index (χ2n) is 9.21. The van der Waals surface area contributed by atoms with Crippen molar-refractivity contribution in [2.45, 2.75) is 61.3 Å². The van der Waals surface area contributed by atoms with E-state index in [1.165, 1.54) is 17.6 Å². The summed E-state index contributed by atoms with van der Waals surface area (Å²) in [7, 11) is 0. The molecule has 0 aromatic heterocycles. The number of rotatable bonds is 3. The first-order valence-electron chi connectivity index (χ1n) is 9.45. The average molecular weight is 371 g/mol. The number of phenolic OH excluding ortho intramolecular Hbond substituents is 2. The van der Waals surface area contributed by atoms with E-state index in [1.807, 2.05) is 25.1 Å². The maximum Gasteiger partial charge on any atom is 0.115 e. The van der Waals surface area contributed by atoms with Gasteiger partial charge in [-0.2, -0.15) is 0 Å². The minimum atomic E-state index is 0.322. The fourth-order valence-electron chi connectivity index (χ4n) is 3.29. The Morgan fingerprint density at radius 3 is 1.56 bits per heavy atom. The molecule has 0 aliphatic carbocycles. The van der Waals surface area contributed by atoms with E-state index in [4.69, 9.17) is 10.2 Å². The van der Waals surface area contributed by atoms with Crippen LogP contribution in [0.3, 0.4) is 0 Å². The summed E-state index contributed by atoms with van der Waals surface area (Å²) in [4.78, 5) is 0. The van der Waals surface area contributed by atoms with E-state index in [0.29, 0.717) is 22.3 Å². The summed E-state index contributed by atoms with van der Waals surface area (Å²) in [6.07, 6.45) is 2.40. The molecule has 0 aliphatic rings. The van der Waals surface area contributed by atoms with Crippen molar-refractivity contribution in [2.24, 2.45) is 10.8 Å². The van der Waals surface area contributed by atoms with E-state index in [2.05, 4.69) is 48.1 Å². The average Bonchev–Trinajstić information content (AvgIpc) is 2.48. The fourth-order valence-corrected chi connectivity index (χ4v) is 3.29. The summed E-state index contributed by atoms with van der Waals surface area (Å²) in [5.41, 5.74) is 3.30. The van der Waals surface area contributed by atoms with E-state index < -0.39 is 0 Å². The number of aryl methyl sites for hydroxylation is 1. The molecule has 2 N–H and O–H groups in total. The Morgan fingerprint density at radius 2 is 1.26 bits per heavy atom. The van der Waals surface area contributed by atoms with Crippen LogP contribution in [0.2, 0.25) is 0 Å². The van der Waals surface area contributed by atoms with Gasteiger partial charge in [-0.05, 0) is 61.8 Å². The van der Waals surface area contributed by atoms with Crippen molar-refractivity contribution in [3.63, 3.8) is 0 Å². The summed E-state index contributed by atoms with van der Waals surface area (Å²) in [6.45, 7) is 19.6. The molecule has 2 aromatic rings. The van der Waals surface area contributed by atoms with E-state index >= 15 is 0 Å². The van der Waals surface area contributed by atoms with Gasteiger partial charge in [-0.1, -0.05) is 76.1 Å². The molecule has 0 atom stereocenters. The van der Waals surface area contributed by atoms with E-state index in [9.17, 15) is 0 Å². The van der Waals surface area contributed by atoms with Crippen LogP contribution in [0.25, 0.3) is 0 Å². The van der Waals surface area contributed by atoms with Crippen LogP contribution in [0.15, 0.2) is 66.7 Å². The van der Waals surface area contributed by atoms with E-state index in [-0.39, 0.29) is 0 Å². The minimum absolute atomic E-state index is 0.322. The van der Waals surface area contributed by atoms with Gasteiger partial charge in [0.2, 0.25) is 0 Å². The van der Waals surface area contributed by atoms with Crippen LogP contribution in [-0.2, 0) is 0 Å². The standard InChI is InChI=1S/C12H24.C7H8O.C6H6O/c1-10(2)8-12(6,7)9-11(3,4)5;1-6-2-4-7(8)5-3-6;7-6-4-2-1-3-5-6/h1,8-9H2,2-7H3;2-5,8H,1H3;1-5,7H. The normalized spacial score (nSPS) is 10.8. The molecule has 0 heterocycles. The predicted octanol–water partition coefficient (Wildman–Crippen LogP) is 7.51. The molecular formula is C25H38O2. The Bertz CT molecular complexity index is 626. The molecule has 0 unspecified atom stereocenters. The van der Waals surface area contributed by atoms with Gasteiger partial charge in [0, 0.05) is 0 Å². The Hall–Kier alpha value is -2.22. The van der Waals surface area contributed by atoms with Gasteiger partial charge >= 0.3 is 0 Å². The van der Waals surface area contributed by atoms with Crippen molar-refractivity contribution in [3.8, 4) is 11.5 Å². The quantitative estimate of drug-likeness (QED) is 0.549. The lowest BCUT2D eigenvalue weighted by atomic mass is 9.73. The summed E-state index contributed by atoms with van der Waals surface area (Å²) < 4.78 is 0. The van der Waals surface area contributed by atoms with Gasteiger partial charge < -0.3 is 10.2 Å². The fraction of sp³-hybridized carbons (Fsp3) is 0.440. The van der Waals surface area contributed by atoms with Gasteiger partial charge in [0.05, 0.1) is 0 Å². The molecule has 2 heteroatoms. The highest BCUT2D eigenvalue weighted by molar-refractivity contribution is 5.24. The maximum absolute atomic E-state index is 8.76. The molecule has 150 valence electrons. The zero-order chi connectivity index (χ0) is 21.1. The molecule has 2 aromatic carbocycles. The number of para-hydroxylation sites is 1. The molecule has 0 saturated carbocycles. The zero-order valence-electron chi connectivity index (χ0n) is 18.2. The lowest BCUT2D eigenvalue weighted by molar-refractivity contribution is 0.211. The molecule has 0 aliphatic heterocycles. The summed E-state index contributed by atoms with van der Waals surface area (Å²) in [5.74, 6) is 0.651. The third kappa shape index (κ3) is 15.7. The Balaban J connectivity index is 0.000000391. The van der Waals surface area contributed by atoms with Crippen LogP contribution in [0.1, 0.15) is 59.9 Å². The van der Waals surface area contributed by atoms with Crippen LogP contribution in [-0.4, -0.2) is 10.2 Å². The highest BCUT2D eigenvalue weighted by Gasteiger charge is 2.24. The van der Waals surface area contributed by atoms with Gasteiger partial charge in [0.15, 0.2) is 0 Å². The summed E-state index contributed by atoms with van der Waals surface area (Å²) in [5, 5.41) is 17.4. The van der Waals surface area contributed by atoms with Crippen LogP contribution in [0, 0.1) is 17.8 Å². The SMILES string of the molecule is C=C(C)CC(C)(C)CC(C)(C)C.Cc1ccc(O)cc1.Oc1ccccc1. The number of hydrogen-bond acceptors (Lipinski definition) is 2. The van der Waals surface area contributed by atoms with Crippen molar-refractivity contribution >= 4 is 0 Å². The first-order chi connectivity index (χ1) is 12.3. The first-order valence-corrected chi connectivity index (χ1v) is 9.45. The van der Waals surface area contributed by atoms with Crippen LogP contribution in [0.5, 0.6) is 11.5 Å².